The Morgan fingerprint density at radius 2 is 1.83 bits per heavy atom. The number of phenolic OH excluding ortho intramolecular Hbond substituents is 1. The van der Waals surface area contributed by atoms with Gasteiger partial charge in [0.1, 0.15) is 34.5 Å². The molecule has 36 heavy (non-hydrogen) atoms. The lowest BCUT2D eigenvalue weighted by Crippen LogP contribution is -2.70. The Labute approximate surface area is 224 Å². The van der Waals surface area contributed by atoms with Crippen LogP contribution in [0.5, 0.6) is 5.75 Å². The molecule has 4 N–H and O–H groups in total. The molecule has 1 fully saturated rings. The van der Waals surface area contributed by atoms with E-state index in [-0.39, 0.29) is 46.6 Å². The van der Waals surface area contributed by atoms with Crippen LogP contribution in [-0.2, 0) is 23.9 Å². The van der Waals surface area contributed by atoms with Crippen LogP contribution in [0.3, 0.4) is 0 Å². The van der Waals surface area contributed by atoms with Crippen molar-refractivity contribution >= 4 is 67.7 Å². The normalized spacial score (nSPS) is 31.5. The molecule has 184 valence electrons. The van der Waals surface area contributed by atoms with E-state index in [0.29, 0.717) is 5.56 Å². The van der Waals surface area contributed by atoms with E-state index in [0.717, 1.165) is 0 Å². The number of halogens is 1. The molecule has 0 aliphatic heterocycles. The number of hydrogen-bond donors (Lipinski definition) is 3. The summed E-state index contributed by atoms with van der Waals surface area (Å²) >= 11 is 1.38. The Morgan fingerprint density at radius 1 is 1.22 bits per heavy atom. The maximum absolute atomic E-state index is 14.3. The van der Waals surface area contributed by atoms with Crippen molar-refractivity contribution in [3.8, 4) is 5.75 Å². The number of benzene rings is 1. The lowest BCUT2D eigenvalue weighted by Gasteiger charge is -2.61. The van der Waals surface area contributed by atoms with E-state index < -0.39 is 51.1 Å². The molecule has 12 heteroatoms. The maximum atomic E-state index is 14.3. The molecule has 4 atom stereocenters. The van der Waals surface area contributed by atoms with Gasteiger partial charge in [-0.3, -0.25) is 22.2 Å². The van der Waals surface area contributed by atoms with Crippen LogP contribution in [0, 0.1) is 6.92 Å². The van der Waals surface area contributed by atoms with Crippen molar-refractivity contribution in [3.63, 3.8) is 0 Å². The summed E-state index contributed by atoms with van der Waals surface area (Å²) in [5, 5.41) is 18.8. The number of primary amides is 1. The predicted octanol–water partition coefficient (Wildman–Crippen LogP) is 1.39. The first-order valence-corrected chi connectivity index (χ1v) is 11.9. The molecule has 1 amide bonds. The zero-order chi connectivity index (χ0) is 27.1. The Hall–Kier alpha value is -2.44. The Balaban J connectivity index is 2.11. The average molecular weight is 600 g/mol. The van der Waals surface area contributed by atoms with E-state index >= 15 is 0 Å². The number of carbonyl (C=O) groups excluding carboxylic acids is 4. The smallest absolute Gasteiger partial charge is 0.252 e. The number of hydrogen-bond acceptors (Lipinski definition) is 8. The minimum absolute atomic E-state index is 0.115. The van der Waals surface area contributed by atoms with Gasteiger partial charge in [-0.25, -0.2) is 0 Å². The minimum Gasteiger partial charge on any atom is -0.507 e. The fourth-order valence-electron chi connectivity index (χ4n) is 6.03. The van der Waals surface area contributed by atoms with Crippen LogP contribution in [0.1, 0.15) is 40.4 Å². The van der Waals surface area contributed by atoms with Crippen molar-refractivity contribution < 1.29 is 32.5 Å². The van der Waals surface area contributed by atoms with Crippen LogP contribution in [0.15, 0.2) is 23.3 Å². The highest BCUT2D eigenvalue weighted by Gasteiger charge is 2.72. The number of ketones is 3. The van der Waals surface area contributed by atoms with Crippen molar-refractivity contribution in [1.29, 1.82) is 0 Å². The average Bonchev–Trinajstić information content (AvgIpc) is 2.74. The highest BCUT2D eigenvalue weighted by atomic mass is 127. The summed E-state index contributed by atoms with van der Waals surface area (Å²) in [7, 11) is 17.0. The number of nitrogens with zero attached hydrogens (tertiary/aromatic N) is 1. The molecular formula is C24H23B2IN2O7. The van der Waals surface area contributed by atoms with Crippen LogP contribution in [0.4, 0.5) is 0 Å². The molecule has 3 aliphatic carbocycles. The number of aliphatic hydroxyl groups excluding tert-OH is 1. The van der Waals surface area contributed by atoms with Crippen LogP contribution in [0.2, 0.25) is 10.6 Å². The highest BCUT2D eigenvalue weighted by molar-refractivity contribution is 14.1. The monoisotopic (exact) mass is 600 g/mol. The first kappa shape index (κ1) is 26.6. The molecule has 9 nitrogen and oxygen atoms in total. The zero-order valence-electron chi connectivity index (χ0n) is 20.1. The maximum Gasteiger partial charge on any atom is 0.252 e. The fourth-order valence-corrected chi connectivity index (χ4v) is 6.84. The number of phenols is 1. The van der Waals surface area contributed by atoms with Gasteiger partial charge in [-0.05, 0) is 68.6 Å². The predicted molar refractivity (Wildman–Crippen MR) is 140 cm³/mol. The molecule has 3 aliphatic rings. The number of carbonyl (C=O) groups is 4. The number of aryl methyl sites for hydroxylation is 1. The van der Waals surface area contributed by atoms with Crippen molar-refractivity contribution in [3.05, 3.63) is 45.5 Å². The summed E-state index contributed by atoms with van der Waals surface area (Å²) in [5.41, 5.74) is 2.87. The molecule has 0 heterocycles. The summed E-state index contributed by atoms with van der Waals surface area (Å²) in [5.74, 6) is -4.47. The van der Waals surface area contributed by atoms with Crippen molar-refractivity contribution in [2.24, 2.45) is 5.73 Å². The summed E-state index contributed by atoms with van der Waals surface area (Å²) in [4.78, 5) is 54.2. The molecular weight excluding hydrogens is 577 g/mol. The van der Waals surface area contributed by atoms with E-state index in [1.54, 1.807) is 25.9 Å². The lowest BCUT2D eigenvalue weighted by atomic mass is 9.35. The van der Waals surface area contributed by atoms with E-state index in [1.165, 1.54) is 42.1 Å². The number of rotatable bonds is 4. The second-order valence-electron chi connectivity index (χ2n) is 10.0. The standard InChI is InChI=1S/C24H23B2IN2O7/c1-9-5-11(10(2)30)13-7-22(25)8-23(26)14(29(3)4)6-12(21(28)35)19(33)24(23,36-27)20(34)16(22)18(32)15(13)17(9)31/h5-6,14,31-32H,7-8H2,1-4H3,(H2,28,35)/t14-,22-,23-,24-/m1/s1. The van der Waals surface area contributed by atoms with E-state index in [9.17, 15) is 29.4 Å². The van der Waals surface area contributed by atoms with Crippen LogP contribution in [-0.4, -0.2) is 79.8 Å². The molecule has 0 unspecified atom stereocenters. The Morgan fingerprint density at radius 3 is 2.33 bits per heavy atom. The molecule has 4 rings (SSSR count). The zero-order valence-corrected chi connectivity index (χ0v) is 22.3. The van der Waals surface area contributed by atoms with Gasteiger partial charge in [0, 0.05) is 17.2 Å². The summed E-state index contributed by atoms with van der Waals surface area (Å²) in [6, 6.07) is 0.592. The molecule has 1 aromatic rings. The Kier molecular flexibility index (Phi) is 6.13. The van der Waals surface area contributed by atoms with Gasteiger partial charge in [0.15, 0.2) is 5.78 Å². The third-order valence-electron chi connectivity index (χ3n) is 7.61. The van der Waals surface area contributed by atoms with Crippen molar-refractivity contribution in [2.45, 2.75) is 49.0 Å². The number of aromatic hydroxyl groups is 1. The molecule has 0 spiro atoms. The first-order valence-electron chi connectivity index (χ1n) is 11.0. The van der Waals surface area contributed by atoms with Crippen LogP contribution < -0.4 is 5.73 Å². The van der Waals surface area contributed by atoms with Gasteiger partial charge in [0.25, 0.3) is 5.91 Å². The molecule has 0 aromatic heterocycles. The lowest BCUT2D eigenvalue weighted by molar-refractivity contribution is -0.150. The van der Waals surface area contributed by atoms with Gasteiger partial charge >= 0.3 is 0 Å². The van der Waals surface area contributed by atoms with E-state index in [1.807, 2.05) is 0 Å². The van der Waals surface area contributed by atoms with E-state index in [2.05, 4.69) is 0 Å². The fraction of sp³-hybridized carbons (Fsp3) is 0.417. The summed E-state index contributed by atoms with van der Waals surface area (Å²) in [6.07, 6.45) is 0.917. The second-order valence-corrected chi connectivity index (χ2v) is 10.5. The molecule has 1 saturated carbocycles. The van der Waals surface area contributed by atoms with Gasteiger partial charge in [-0.15, -0.1) is 0 Å². The number of Topliss-reactive ketones (excluding diaryl/α,β-unsaturated/α-hetero) is 3. The quantitative estimate of drug-likeness (QED) is 0.155. The highest BCUT2D eigenvalue weighted by Crippen LogP contribution is 2.67. The largest absolute Gasteiger partial charge is 0.507 e. The van der Waals surface area contributed by atoms with Gasteiger partial charge in [0.2, 0.25) is 17.2 Å². The molecule has 1 aromatic carbocycles. The molecule has 0 saturated heterocycles. The third kappa shape index (κ3) is 3.16. The van der Waals surface area contributed by atoms with Gasteiger partial charge in [-0.2, -0.15) is 0 Å². The van der Waals surface area contributed by atoms with Crippen molar-refractivity contribution in [1.82, 2.24) is 4.90 Å². The Bertz CT molecular complexity index is 1340. The van der Waals surface area contributed by atoms with Crippen LogP contribution >= 0.6 is 23.0 Å². The topological polar surface area (TPSA) is 147 Å². The molecule has 4 radical (unpaired) electrons. The molecule has 0 bridgehead atoms. The number of aliphatic hydroxyl groups is 1. The SMILES string of the molecule is [B][C@@]12Cc3c(C(C)=O)cc(C)c(O)c3C(O)=C1C(=O)[C@]1(OI)C(=O)C(C(N)=O)=C[C@@H](N(C)C)[C@]1([B])C2. The minimum atomic E-state index is -2.45. The third-order valence-corrected chi connectivity index (χ3v) is 8.27. The van der Waals surface area contributed by atoms with Crippen LogP contribution in [0.25, 0.3) is 5.76 Å². The van der Waals surface area contributed by atoms with E-state index in [4.69, 9.17) is 24.5 Å². The summed E-state index contributed by atoms with van der Waals surface area (Å²) < 4.78 is 5.57. The number of nitrogens with two attached hydrogens (primary N) is 1. The summed E-state index contributed by atoms with van der Waals surface area (Å²) in [6.45, 7) is 2.89. The number of amides is 1. The van der Waals surface area contributed by atoms with Gasteiger partial charge < -0.3 is 20.8 Å². The first-order chi connectivity index (χ1) is 16.6. The number of likely N-dealkylation sites (N-methyl/N-ethyl adjacent to an activating group) is 1. The van der Waals surface area contributed by atoms with Crippen molar-refractivity contribution in [2.75, 3.05) is 14.1 Å². The number of fused-ring (bicyclic) bond motifs is 3. The van der Waals surface area contributed by atoms with Gasteiger partial charge in [-0.1, -0.05) is 6.08 Å². The van der Waals surface area contributed by atoms with Gasteiger partial charge in [0.05, 0.1) is 26.8 Å². The second kappa shape index (κ2) is 8.29.